The zero-order chi connectivity index (χ0) is 14.3. The number of anilines is 1. The van der Waals surface area contributed by atoms with Crippen molar-refractivity contribution in [3.05, 3.63) is 30.3 Å². The predicted molar refractivity (Wildman–Crippen MR) is 74.2 cm³/mol. The summed E-state index contributed by atoms with van der Waals surface area (Å²) in [5, 5.41) is 5.40. The molecule has 0 atom stereocenters. The van der Waals surface area contributed by atoms with Crippen LogP contribution < -0.4 is 10.6 Å². The van der Waals surface area contributed by atoms with Crippen LogP contribution in [0.15, 0.2) is 30.3 Å². The number of amides is 1. The molecule has 104 valence electrons. The Hall–Kier alpha value is -2.04. The van der Waals surface area contributed by atoms with Gasteiger partial charge in [0.25, 0.3) is 0 Å². The van der Waals surface area contributed by atoms with Crippen LogP contribution in [0.2, 0.25) is 0 Å². The van der Waals surface area contributed by atoms with Gasteiger partial charge in [0.05, 0.1) is 13.1 Å². The third kappa shape index (κ3) is 7.08. The lowest BCUT2D eigenvalue weighted by Crippen LogP contribution is -2.37. The molecular weight excluding hydrogens is 244 g/mol. The van der Waals surface area contributed by atoms with Gasteiger partial charge in [-0.25, -0.2) is 4.79 Å². The Labute approximate surface area is 113 Å². The predicted octanol–water partition coefficient (Wildman–Crippen LogP) is 2.19. The molecule has 0 unspecified atom stereocenters. The van der Waals surface area contributed by atoms with Crippen LogP contribution in [0.4, 0.5) is 10.5 Å². The Morgan fingerprint density at radius 3 is 2.32 bits per heavy atom. The second-order valence-corrected chi connectivity index (χ2v) is 5.11. The van der Waals surface area contributed by atoms with Crippen LogP contribution in [-0.4, -0.2) is 30.6 Å². The minimum absolute atomic E-state index is 0.0469. The van der Waals surface area contributed by atoms with Crippen LogP contribution in [-0.2, 0) is 9.53 Å². The number of alkyl carbamates (subject to hydrolysis) is 1. The summed E-state index contributed by atoms with van der Waals surface area (Å²) in [5.74, 6) is -0.116. The number of ketones is 1. The summed E-state index contributed by atoms with van der Waals surface area (Å²) in [6.45, 7) is 5.43. The second kappa shape index (κ2) is 6.78. The molecule has 0 heterocycles. The molecule has 1 aromatic carbocycles. The summed E-state index contributed by atoms with van der Waals surface area (Å²) in [6.07, 6.45) is -0.583. The van der Waals surface area contributed by atoms with Crippen LogP contribution in [0.3, 0.4) is 0 Å². The number of ether oxygens (including phenoxy) is 1. The zero-order valence-corrected chi connectivity index (χ0v) is 11.5. The van der Waals surface area contributed by atoms with Gasteiger partial charge in [0, 0.05) is 5.69 Å². The monoisotopic (exact) mass is 264 g/mol. The maximum absolute atomic E-state index is 11.6. The molecule has 1 aromatic rings. The fourth-order valence-corrected chi connectivity index (χ4v) is 1.30. The first-order chi connectivity index (χ1) is 8.87. The molecule has 0 aliphatic rings. The highest BCUT2D eigenvalue weighted by Crippen LogP contribution is 2.06. The van der Waals surface area contributed by atoms with E-state index in [2.05, 4.69) is 10.6 Å². The first-order valence-corrected chi connectivity index (χ1v) is 6.14. The van der Waals surface area contributed by atoms with Crippen molar-refractivity contribution in [2.45, 2.75) is 26.4 Å². The largest absolute Gasteiger partial charge is 0.444 e. The van der Waals surface area contributed by atoms with E-state index in [1.807, 2.05) is 30.3 Å². The molecule has 0 radical (unpaired) electrons. The molecular formula is C14H20N2O3. The van der Waals surface area contributed by atoms with Crippen molar-refractivity contribution in [3.63, 3.8) is 0 Å². The Kier molecular flexibility index (Phi) is 5.36. The summed E-state index contributed by atoms with van der Waals surface area (Å²) < 4.78 is 5.03. The molecule has 2 N–H and O–H groups in total. The number of Topliss-reactive ketones (excluding diaryl/α,β-unsaturated/α-hetero) is 1. The molecule has 5 heteroatoms. The minimum atomic E-state index is -0.583. The van der Waals surface area contributed by atoms with Gasteiger partial charge >= 0.3 is 6.09 Å². The fraction of sp³-hybridized carbons (Fsp3) is 0.429. The summed E-state index contributed by atoms with van der Waals surface area (Å²) in [5.41, 5.74) is 0.309. The van der Waals surface area contributed by atoms with E-state index in [4.69, 9.17) is 4.74 Å². The average Bonchev–Trinajstić information content (AvgIpc) is 2.33. The van der Waals surface area contributed by atoms with Gasteiger partial charge in [0.1, 0.15) is 5.60 Å². The molecule has 0 aliphatic carbocycles. The van der Waals surface area contributed by atoms with Gasteiger partial charge in [-0.3, -0.25) is 4.79 Å². The lowest BCUT2D eigenvalue weighted by Gasteiger charge is -2.19. The van der Waals surface area contributed by atoms with Crippen molar-refractivity contribution >= 4 is 17.6 Å². The highest BCUT2D eigenvalue weighted by Gasteiger charge is 2.16. The van der Waals surface area contributed by atoms with E-state index in [1.54, 1.807) is 20.8 Å². The number of hydrogen-bond acceptors (Lipinski definition) is 4. The standard InChI is InChI=1S/C14H20N2O3/c1-14(2,3)19-13(18)16-10-12(17)9-15-11-7-5-4-6-8-11/h4-8,15H,9-10H2,1-3H3,(H,16,18). The van der Waals surface area contributed by atoms with Gasteiger partial charge in [0.15, 0.2) is 5.78 Å². The van der Waals surface area contributed by atoms with Crippen molar-refractivity contribution in [2.75, 3.05) is 18.4 Å². The van der Waals surface area contributed by atoms with Gasteiger partial charge in [-0.1, -0.05) is 18.2 Å². The number of carbonyl (C=O) groups excluding carboxylic acids is 2. The van der Waals surface area contributed by atoms with Crippen LogP contribution in [0.5, 0.6) is 0 Å². The van der Waals surface area contributed by atoms with Crippen LogP contribution >= 0.6 is 0 Å². The molecule has 0 aliphatic heterocycles. The van der Waals surface area contributed by atoms with Gasteiger partial charge in [-0.2, -0.15) is 0 Å². The molecule has 19 heavy (non-hydrogen) atoms. The van der Waals surface area contributed by atoms with Crippen molar-refractivity contribution in [1.82, 2.24) is 5.32 Å². The van der Waals surface area contributed by atoms with E-state index in [0.29, 0.717) is 0 Å². The van der Waals surface area contributed by atoms with Crippen LogP contribution in [0, 0.1) is 0 Å². The number of carbonyl (C=O) groups is 2. The van der Waals surface area contributed by atoms with E-state index in [0.717, 1.165) is 5.69 Å². The Morgan fingerprint density at radius 2 is 1.74 bits per heavy atom. The van der Waals surface area contributed by atoms with Gasteiger partial charge in [-0.05, 0) is 32.9 Å². The SMILES string of the molecule is CC(C)(C)OC(=O)NCC(=O)CNc1ccccc1. The normalized spacial score (nSPS) is 10.7. The average molecular weight is 264 g/mol. The van der Waals surface area contributed by atoms with Crippen molar-refractivity contribution in [3.8, 4) is 0 Å². The third-order valence-corrected chi connectivity index (χ3v) is 2.09. The zero-order valence-electron chi connectivity index (χ0n) is 11.5. The topological polar surface area (TPSA) is 67.4 Å². The molecule has 0 saturated carbocycles. The maximum atomic E-state index is 11.6. The summed E-state index contributed by atoms with van der Waals surface area (Å²) in [6, 6.07) is 9.40. The number of para-hydroxylation sites is 1. The molecule has 0 spiro atoms. The number of nitrogens with one attached hydrogen (secondary N) is 2. The third-order valence-electron chi connectivity index (χ3n) is 2.09. The van der Waals surface area contributed by atoms with E-state index >= 15 is 0 Å². The van der Waals surface area contributed by atoms with E-state index in [9.17, 15) is 9.59 Å². The lowest BCUT2D eigenvalue weighted by molar-refractivity contribution is -0.116. The maximum Gasteiger partial charge on any atom is 0.408 e. The summed E-state index contributed by atoms with van der Waals surface area (Å²) in [7, 11) is 0. The first kappa shape index (κ1) is 15.0. The van der Waals surface area contributed by atoms with Crippen molar-refractivity contribution in [2.24, 2.45) is 0 Å². The number of hydrogen-bond donors (Lipinski definition) is 2. The number of benzene rings is 1. The fourth-order valence-electron chi connectivity index (χ4n) is 1.30. The minimum Gasteiger partial charge on any atom is -0.444 e. The number of rotatable bonds is 5. The summed E-state index contributed by atoms with van der Waals surface area (Å²) >= 11 is 0. The van der Waals surface area contributed by atoms with Crippen LogP contribution in [0.25, 0.3) is 0 Å². The molecule has 0 fully saturated rings. The second-order valence-electron chi connectivity index (χ2n) is 5.11. The van der Waals surface area contributed by atoms with Crippen molar-refractivity contribution < 1.29 is 14.3 Å². The molecule has 1 rings (SSSR count). The van der Waals surface area contributed by atoms with E-state index in [1.165, 1.54) is 0 Å². The lowest BCUT2D eigenvalue weighted by atomic mass is 10.2. The Bertz CT molecular complexity index is 424. The van der Waals surface area contributed by atoms with Gasteiger partial charge in [-0.15, -0.1) is 0 Å². The van der Waals surface area contributed by atoms with E-state index in [-0.39, 0.29) is 18.9 Å². The smallest absolute Gasteiger partial charge is 0.408 e. The van der Waals surface area contributed by atoms with Crippen molar-refractivity contribution in [1.29, 1.82) is 0 Å². The Morgan fingerprint density at radius 1 is 1.11 bits per heavy atom. The van der Waals surface area contributed by atoms with Gasteiger partial charge in [0.2, 0.25) is 0 Å². The molecule has 0 saturated heterocycles. The quantitative estimate of drug-likeness (QED) is 0.855. The highest BCUT2D eigenvalue weighted by molar-refractivity contribution is 5.87. The molecule has 5 nitrogen and oxygen atoms in total. The first-order valence-electron chi connectivity index (χ1n) is 6.14. The highest BCUT2D eigenvalue weighted by atomic mass is 16.6. The Balaban J connectivity index is 2.23. The van der Waals surface area contributed by atoms with E-state index < -0.39 is 11.7 Å². The molecule has 0 aromatic heterocycles. The molecule has 1 amide bonds. The van der Waals surface area contributed by atoms with Gasteiger partial charge < -0.3 is 15.4 Å². The summed E-state index contributed by atoms with van der Waals surface area (Å²) in [4.78, 5) is 22.9. The van der Waals surface area contributed by atoms with Crippen LogP contribution in [0.1, 0.15) is 20.8 Å². The molecule has 0 bridgehead atoms.